The largest absolute Gasteiger partial charge is 0.488 e. The number of fused-ring (bicyclic) bond motifs is 3. The summed E-state index contributed by atoms with van der Waals surface area (Å²) in [7, 11) is 0. The molecule has 10 heteroatoms. The number of alkyl carbamates (subject to hydrolysis) is 1. The molecule has 2 fully saturated rings. The highest BCUT2D eigenvalue weighted by Crippen LogP contribution is 2.40. The molecule has 3 atom stereocenters. The molecule has 5 rings (SSSR count). The van der Waals surface area contributed by atoms with Crippen LogP contribution in [0.15, 0.2) is 36.4 Å². The van der Waals surface area contributed by atoms with Gasteiger partial charge in [-0.1, -0.05) is 30.3 Å². The van der Waals surface area contributed by atoms with Crippen LogP contribution < -0.4 is 15.0 Å². The van der Waals surface area contributed by atoms with Crippen LogP contribution in [0.3, 0.4) is 0 Å². The highest BCUT2D eigenvalue weighted by Gasteiger charge is 2.45. The van der Waals surface area contributed by atoms with E-state index in [0.29, 0.717) is 13.1 Å². The zero-order chi connectivity index (χ0) is 27.0. The standard InChI is InChI=1S/C28H33F2N3O5/c1-28(2,3)38-27(35)33-19-9-10-20(33)14-32(13-19)23-12-22(29)21-11-18(16-36-25(21)24(23)30)31-26(34)37-15-17-7-5-4-6-8-17/h4-8,12,18-20H,9-11,13-16H2,1-3H3,(H,31,34)/t18-,19?,20?/m0/s1. The van der Waals surface area contributed by atoms with E-state index in [4.69, 9.17) is 14.2 Å². The van der Waals surface area contributed by atoms with Crippen molar-refractivity contribution >= 4 is 17.9 Å². The zero-order valence-corrected chi connectivity index (χ0v) is 21.8. The number of halogens is 2. The van der Waals surface area contributed by atoms with Crippen LogP contribution in [-0.2, 0) is 22.5 Å². The number of benzene rings is 2. The minimum absolute atomic E-state index is 0.00901. The lowest BCUT2D eigenvalue weighted by molar-refractivity contribution is 0.0122. The van der Waals surface area contributed by atoms with E-state index < -0.39 is 29.4 Å². The van der Waals surface area contributed by atoms with Crippen LogP contribution in [0.5, 0.6) is 5.75 Å². The summed E-state index contributed by atoms with van der Waals surface area (Å²) in [6.07, 6.45) is 0.614. The van der Waals surface area contributed by atoms with Crippen LogP contribution in [0.4, 0.5) is 24.1 Å². The number of amides is 2. The molecule has 0 aliphatic carbocycles. The minimum Gasteiger partial charge on any atom is -0.488 e. The Labute approximate surface area is 220 Å². The average molecular weight is 530 g/mol. The Kier molecular flexibility index (Phi) is 7.07. The van der Waals surface area contributed by atoms with Gasteiger partial charge in [0.2, 0.25) is 0 Å². The number of carbonyl (C=O) groups excluding carboxylic acids is 2. The quantitative estimate of drug-likeness (QED) is 0.614. The third-order valence-electron chi connectivity index (χ3n) is 7.09. The Bertz CT molecular complexity index is 1190. The van der Waals surface area contributed by atoms with Gasteiger partial charge in [0.1, 0.15) is 24.6 Å². The number of ether oxygens (including phenoxy) is 3. The van der Waals surface area contributed by atoms with Crippen molar-refractivity contribution in [1.29, 1.82) is 0 Å². The smallest absolute Gasteiger partial charge is 0.410 e. The summed E-state index contributed by atoms with van der Waals surface area (Å²) in [5.41, 5.74) is 0.440. The average Bonchev–Trinajstić information content (AvgIpc) is 3.14. The summed E-state index contributed by atoms with van der Waals surface area (Å²) >= 11 is 0. The molecule has 8 nitrogen and oxygen atoms in total. The molecular weight excluding hydrogens is 496 g/mol. The predicted molar refractivity (Wildman–Crippen MR) is 136 cm³/mol. The van der Waals surface area contributed by atoms with Crippen LogP contribution >= 0.6 is 0 Å². The summed E-state index contributed by atoms with van der Waals surface area (Å²) in [5, 5.41) is 2.67. The summed E-state index contributed by atoms with van der Waals surface area (Å²) in [6.45, 7) is 6.31. The van der Waals surface area contributed by atoms with Crippen LogP contribution in [-0.4, -0.2) is 60.5 Å². The van der Waals surface area contributed by atoms with Crippen molar-refractivity contribution in [3.05, 3.63) is 59.2 Å². The second kappa shape index (κ2) is 10.3. The Morgan fingerprint density at radius 2 is 1.79 bits per heavy atom. The Balaban J connectivity index is 1.24. The van der Waals surface area contributed by atoms with Crippen molar-refractivity contribution in [2.24, 2.45) is 0 Å². The van der Waals surface area contributed by atoms with Crippen LogP contribution in [0.1, 0.15) is 44.7 Å². The lowest BCUT2D eigenvalue weighted by Crippen LogP contribution is -2.57. The lowest BCUT2D eigenvalue weighted by Gasteiger charge is -2.42. The van der Waals surface area contributed by atoms with Gasteiger partial charge in [-0.15, -0.1) is 0 Å². The molecule has 0 radical (unpaired) electrons. The first kappa shape index (κ1) is 26.1. The van der Waals surface area contributed by atoms with Gasteiger partial charge in [-0.05, 0) is 39.2 Å². The number of rotatable bonds is 4. The number of nitrogens with zero attached hydrogens (tertiary/aromatic N) is 2. The maximum atomic E-state index is 15.6. The molecular formula is C28H33F2N3O5. The molecule has 3 aliphatic heterocycles. The number of nitrogens with one attached hydrogen (secondary N) is 1. The summed E-state index contributed by atoms with van der Waals surface area (Å²) in [5.74, 6) is -1.35. The number of anilines is 1. The van der Waals surface area contributed by atoms with E-state index in [2.05, 4.69) is 5.32 Å². The molecule has 2 aromatic rings. The first-order valence-corrected chi connectivity index (χ1v) is 13.0. The fraction of sp³-hybridized carbons (Fsp3) is 0.500. The number of carbonyl (C=O) groups is 2. The molecule has 3 aliphatic rings. The maximum absolute atomic E-state index is 15.6. The Morgan fingerprint density at radius 3 is 2.45 bits per heavy atom. The van der Waals surface area contributed by atoms with Crippen LogP contribution in [0.2, 0.25) is 0 Å². The molecule has 204 valence electrons. The van der Waals surface area contributed by atoms with Crippen molar-refractivity contribution in [1.82, 2.24) is 10.2 Å². The highest BCUT2D eigenvalue weighted by atomic mass is 19.1. The fourth-order valence-electron chi connectivity index (χ4n) is 5.42. The van der Waals surface area contributed by atoms with Gasteiger partial charge in [0.25, 0.3) is 0 Å². The van der Waals surface area contributed by atoms with Gasteiger partial charge in [0, 0.05) is 31.1 Å². The van der Waals surface area contributed by atoms with E-state index in [1.165, 1.54) is 6.07 Å². The number of hydrogen-bond acceptors (Lipinski definition) is 6. The molecule has 0 saturated carbocycles. The molecule has 2 bridgehead atoms. The van der Waals surface area contributed by atoms with Crippen molar-refractivity contribution in [2.45, 2.75) is 70.4 Å². The van der Waals surface area contributed by atoms with Crippen molar-refractivity contribution in [3.8, 4) is 5.75 Å². The molecule has 0 aromatic heterocycles. The monoisotopic (exact) mass is 529 g/mol. The predicted octanol–water partition coefficient (Wildman–Crippen LogP) is 4.78. The fourth-order valence-corrected chi connectivity index (χ4v) is 5.42. The maximum Gasteiger partial charge on any atom is 0.410 e. The minimum atomic E-state index is -0.651. The van der Waals surface area contributed by atoms with Crippen LogP contribution in [0, 0.1) is 11.6 Å². The second-order valence-electron chi connectivity index (χ2n) is 11.1. The van der Waals surface area contributed by atoms with E-state index in [9.17, 15) is 9.59 Å². The SMILES string of the molecule is CC(C)(C)OC(=O)N1C2CCC1CN(c1cc(F)c3c(c1F)OC[C@@H](NC(=O)OCc1ccccc1)C3)C2. The Hall–Kier alpha value is -3.56. The van der Waals surface area contributed by atoms with Gasteiger partial charge in [-0.3, -0.25) is 4.90 Å². The second-order valence-corrected chi connectivity index (χ2v) is 11.1. The van der Waals surface area contributed by atoms with Gasteiger partial charge in [0.15, 0.2) is 11.6 Å². The molecule has 2 unspecified atom stereocenters. The van der Waals surface area contributed by atoms with Crippen molar-refractivity contribution < 1.29 is 32.6 Å². The molecule has 2 saturated heterocycles. The molecule has 0 spiro atoms. The van der Waals surface area contributed by atoms with E-state index in [1.807, 2.05) is 51.1 Å². The molecule has 1 N–H and O–H groups in total. The lowest BCUT2D eigenvalue weighted by atomic mass is 10.00. The van der Waals surface area contributed by atoms with Gasteiger partial charge in [-0.2, -0.15) is 0 Å². The highest BCUT2D eigenvalue weighted by molar-refractivity contribution is 5.71. The molecule has 2 aromatic carbocycles. The van der Waals surface area contributed by atoms with Crippen molar-refractivity contribution in [2.75, 3.05) is 24.6 Å². The number of hydrogen-bond donors (Lipinski definition) is 1. The Morgan fingerprint density at radius 1 is 1.11 bits per heavy atom. The molecule has 38 heavy (non-hydrogen) atoms. The number of piperazine rings is 1. The van der Waals surface area contributed by atoms with Gasteiger partial charge < -0.3 is 24.4 Å². The van der Waals surface area contributed by atoms with Gasteiger partial charge in [-0.25, -0.2) is 18.4 Å². The molecule has 2 amide bonds. The summed E-state index contributed by atoms with van der Waals surface area (Å²) < 4.78 is 47.3. The zero-order valence-electron chi connectivity index (χ0n) is 21.8. The first-order chi connectivity index (χ1) is 18.1. The van der Waals surface area contributed by atoms with Gasteiger partial charge >= 0.3 is 12.2 Å². The van der Waals surface area contributed by atoms with Gasteiger partial charge in [0.05, 0.1) is 23.8 Å². The van der Waals surface area contributed by atoms with E-state index >= 15 is 8.78 Å². The van der Waals surface area contributed by atoms with E-state index in [1.54, 1.807) is 9.80 Å². The molecule has 3 heterocycles. The van der Waals surface area contributed by atoms with E-state index in [0.717, 1.165) is 18.4 Å². The first-order valence-electron chi connectivity index (χ1n) is 13.0. The topological polar surface area (TPSA) is 80.3 Å². The van der Waals surface area contributed by atoms with Crippen LogP contribution in [0.25, 0.3) is 0 Å². The third-order valence-corrected chi connectivity index (χ3v) is 7.09. The van der Waals surface area contributed by atoms with E-state index in [-0.39, 0.29) is 54.8 Å². The summed E-state index contributed by atoms with van der Waals surface area (Å²) in [6, 6.07) is 9.59. The normalized spacial score (nSPS) is 22.4. The summed E-state index contributed by atoms with van der Waals surface area (Å²) in [4.78, 5) is 28.5. The third kappa shape index (κ3) is 5.49. The van der Waals surface area contributed by atoms with Crippen molar-refractivity contribution in [3.63, 3.8) is 0 Å².